The van der Waals surface area contributed by atoms with Gasteiger partial charge in [-0.15, -0.1) is 11.3 Å². The van der Waals surface area contributed by atoms with Crippen molar-refractivity contribution in [1.29, 1.82) is 0 Å². The predicted octanol–water partition coefficient (Wildman–Crippen LogP) is 2.92. The van der Waals surface area contributed by atoms with Gasteiger partial charge in [0.2, 0.25) is 0 Å². The van der Waals surface area contributed by atoms with Crippen LogP contribution in [-0.2, 0) is 17.8 Å². The molecule has 2 heterocycles. The van der Waals surface area contributed by atoms with Crippen LogP contribution in [0.3, 0.4) is 0 Å². The molecule has 21 heavy (non-hydrogen) atoms. The molecule has 0 fully saturated rings. The van der Waals surface area contributed by atoms with E-state index in [-0.39, 0.29) is 0 Å². The van der Waals surface area contributed by atoms with Crippen molar-refractivity contribution in [2.75, 3.05) is 13.6 Å². The number of aromatic nitrogens is 1. The second-order valence-electron chi connectivity index (χ2n) is 4.82. The summed E-state index contributed by atoms with van der Waals surface area (Å²) < 4.78 is 0. The van der Waals surface area contributed by atoms with Crippen LogP contribution < -0.4 is 0 Å². The first-order valence-electron chi connectivity index (χ1n) is 6.70. The van der Waals surface area contributed by atoms with E-state index >= 15 is 0 Å². The summed E-state index contributed by atoms with van der Waals surface area (Å²) in [6.07, 6.45) is 7.43. The first-order chi connectivity index (χ1) is 10.1. The summed E-state index contributed by atoms with van der Waals surface area (Å²) in [5, 5.41) is 8.61. The van der Waals surface area contributed by atoms with Gasteiger partial charge in [0.1, 0.15) is 0 Å². The van der Waals surface area contributed by atoms with Gasteiger partial charge in [-0.2, -0.15) is 0 Å². The summed E-state index contributed by atoms with van der Waals surface area (Å²) in [4.78, 5) is 19.0. The molecule has 4 nitrogen and oxygen atoms in total. The number of hydrogen-bond acceptors (Lipinski definition) is 4. The van der Waals surface area contributed by atoms with Gasteiger partial charge in [-0.25, -0.2) is 4.79 Å². The molecule has 0 radical (unpaired) electrons. The number of likely N-dealkylation sites (N-methyl/N-ethyl adjacent to an activating group) is 1. The molecule has 0 atom stereocenters. The molecule has 0 saturated carbocycles. The Morgan fingerprint density at radius 3 is 2.81 bits per heavy atom. The standard InChI is InChI=1S/C16H18N2O2S/c1-18(11-8-13-6-9-17-10-7-13)12-15-3-2-14(21-15)4-5-16(19)20/h2-7,9-10H,8,11-12H2,1H3,(H,19,20). The Balaban J connectivity index is 1.82. The molecule has 5 heteroatoms. The predicted molar refractivity (Wildman–Crippen MR) is 85.3 cm³/mol. The third kappa shape index (κ3) is 5.49. The lowest BCUT2D eigenvalue weighted by atomic mass is 10.2. The van der Waals surface area contributed by atoms with Gasteiger partial charge in [0.15, 0.2) is 0 Å². The minimum absolute atomic E-state index is 0.872. The molecule has 0 bridgehead atoms. The normalized spacial score (nSPS) is 11.3. The van der Waals surface area contributed by atoms with E-state index in [1.807, 2.05) is 30.6 Å². The number of rotatable bonds is 7. The minimum Gasteiger partial charge on any atom is -0.478 e. The van der Waals surface area contributed by atoms with Crippen LogP contribution >= 0.6 is 11.3 Å². The quantitative estimate of drug-likeness (QED) is 0.799. The Morgan fingerprint density at radius 1 is 1.33 bits per heavy atom. The van der Waals surface area contributed by atoms with Gasteiger partial charge in [0.25, 0.3) is 0 Å². The zero-order valence-corrected chi connectivity index (χ0v) is 12.7. The summed E-state index contributed by atoms with van der Waals surface area (Å²) in [6.45, 7) is 1.85. The van der Waals surface area contributed by atoms with E-state index < -0.39 is 5.97 Å². The lowest BCUT2D eigenvalue weighted by Crippen LogP contribution is -2.20. The number of carbonyl (C=O) groups is 1. The zero-order valence-electron chi connectivity index (χ0n) is 11.9. The van der Waals surface area contributed by atoms with Crippen molar-refractivity contribution in [2.24, 2.45) is 0 Å². The minimum atomic E-state index is -0.917. The molecule has 0 aromatic carbocycles. The smallest absolute Gasteiger partial charge is 0.328 e. The molecular formula is C16H18N2O2S. The fourth-order valence-corrected chi connectivity index (χ4v) is 2.93. The summed E-state index contributed by atoms with van der Waals surface area (Å²) >= 11 is 1.62. The van der Waals surface area contributed by atoms with E-state index in [1.165, 1.54) is 16.5 Å². The SMILES string of the molecule is CN(CCc1ccncc1)Cc1ccc(C=CC(=O)O)s1. The maximum absolute atomic E-state index is 10.5. The van der Waals surface area contributed by atoms with E-state index in [0.717, 1.165) is 24.4 Å². The van der Waals surface area contributed by atoms with Crippen LogP contribution in [0.4, 0.5) is 0 Å². The van der Waals surface area contributed by atoms with Crippen LogP contribution in [0.15, 0.2) is 42.7 Å². The number of thiophene rings is 1. The Labute approximate surface area is 128 Å². The molecule has 2 aromatic heterocycles. The van der Waals surface area contributed by atoms with Crippen LogP contribution in [0.5, 0.6) is 0 Å². The van der Waals surface area contributed by atoms with E-state index in [9.17, 15) is 4.79 Å². The molecule has 0 amide bonds. The highest BCUT2D eigenvalue weighted by Gasteiger charge is 2.04. The van der Waals surface area contributed by atoms with Gasteiger partial charge < -0.3 is 10.0 Å². The average molecular weight is 302 g/mol. The van der Waals surface area contributed by atoms with Crippen molar-refractivity contribution in [3.8, 4) is 0 Å². The monoisotopic (exact) mass is 302 g/mol. The molecule has 0 aliphatic rings. The summed E-state index contributed by atoms with van der Waals surface area (Å²) in [5.41, 5.74) is 1.29. The Bertz CT molecular complexity index is 608. The van der Waals surface area contributed by atoms with Crippen molar-refractivity contribution in [2.45, 2.75) is 13.0 Å². The van der Waals surface area contributed by atoms with E-state index in [1.54, 1.807) is 17.4 Å². The number of nitrogens with zero attached hydrogens (tertiary/aromatic N) is 2. The van der Waals surface area contributed by atoms with E-state index in [2.05, 4.69) is 23.0 Å². The highest BCUT2D eigenvalue weighted by molar-refractivity contribution is 7.12. The molecule has 110 valence electrons. The fraction of sp³-hybridized carbons (Fsp3) is 0.250. The van der Waals surface area contributed by atoms with Crippen molar-refractivity contribution >= 4 is 23.4 Å². The van der Waals surface area contributed by atoms with Crippen LogP contribution in [0.1, 0.15) is 15.3 Å². The topological polar surface area (TPSA) is 53.4 Å². The molecule has 0 aliphatic heterocycles. The fourth-order valence-electron chi connectivity index (χ4n) is 1.94. The van der Waals surface area contributed by atoms with Crippen molar-refractivity contribution < 1.29 is 9.90 Å². The lowest BCUT2D eigenvalue weighted by molar-refractivity contribution is -0.131. The third-order valence-corrected chi connectivity index (χ3v) is 4.07. The average Bonchev–Trinajstić information content (AvgIpc) is 2.91. The largest absolute Gasteiger partial charge is 0.478 e. The van der Waals surface area contributed by atoms with E-state index in [4.69, 9.17) is 5.11 Å². The third-order valence-electron chi connectivity index (χ3n) is 3.03. The van der Waals surface area contributed by atoms with Crippen molar-refractivity contribution in [3.63, 3.8) is 0 Å². The molecule has 1 N–H and O–H groups in total. The van der Waals surface area contributed by atoms with Crippen LogP contribution in [0.25, 0.3) is 6.08 Å². The Hall–Kier alpha value is -1.98. The van der Waals surface area contributed by atoms with Gasteiger partial charge in [-0.1, -0.05) is 0 Å². The van der Waals surface area contributed by atoms with Crippen molar-refractivity contribution in [1.82, 2.24) is 9.88 Å². The van der Waals surface area contributed by atoms with Gasteiger partial charge in [0, 0.05) is 41.3 Å². The number of carboxylic acid groups (broad SMARTS) is 1. The molecule has 2 aromatic rings. The maximum Gasteiger partial charge on any atom is 0.328 e. The molecule has 0 unspecified atom stereocenters. The van der Waals surface area contributed by atoms with Crippen molar-refractivity contribution in [3.05, 3.63) is 58.1 Å². The maximum atomic E-state index is 10.5. The highest BCUT2D eigenvalue weighted by Crippen LogP contribution is 2.19. The number of aliphatic carboxylic acids is 1. The first kappa shape index (κ1) is 15.4. The van der Waals surface area contributed by atoms with E-state index in [0.29, 0.717) is 0 Å². The molecule has 2 rings (SSSR count). The summed E-state index contributed by atoms with van der Waals surface area (Å²) in [6, 6.07) is 8.08. The second kappa shape index (κ2) is 7.71. The first-order valence-corrected chi connectivity index (χ1v) is 7.52. The van der Waals surface area contributed by atoms with Crippen LogP contribution in [-0.4, -0.2) is 34.6 Å². The van der Waals surface area contributed by atoms with Gasteiger partial charge >= 0.3 is 5.97 Å². The zero-order chi connectivity index (χ0) is 15.1. The lowest BCUT2D eigenvalue weighted by Gasteiger charge is -2.15. The second-order valence-corrected chi connectivity index (χ2v) is 6.02. The van der Waals surface area contributed by atoms with Crippen LogP contribution in [0, 0.1) is 0 Å². The molecule has 0 saturated heterocycles. The number of pyridine rings is 1. The number of carboxylic acids is 1. The number of hydrogen-bond donors (Lipinski definition) is 1. The Morgan fingerprint density at radius 2 is 2.10 bits per heavy atom. The van der Waals surface area contributed by atoms with Gasteiger partial charge in [-0.3, -0.25) is 4.98 Å². The summed E-state index contributed by atoms with van der Waals surface area (Å²) in [5.74, 6) is -0.917. The molecule has 0 aliphatic carbocycles. The van der Waals surface area contributed by atoms with Gasteiger partial charge in [-0.05, 0) is 49.4 Å². The molecular weight excluding hydrogens is 284 g/mol. The summed E-state index contributed by atoms with van der Waals surface area (Å²) in [7, 11) is 2.09. The Kier molecular flexibility index (Phi) is 5.66. The van der Waals surface area contributed by atoms with Gasteiger partial charge in [0.05, 0.1) is 0 Å². The highest BCUT2D eigenvalue weighted by atomic mass is 32.1. The van der Waals surface area contributed by atoms with Crippen LogP contribution in [0.2, 0.25) is 0 Å². The molecule has 0 spiro atoms.